The lowest BCUT2D eigenvalue weighted by Gasteiger charge is -2.12. The largest absolute Gasteiger partial charge is 0.238 e. The molecule has 0 saturated heterocycles. The van der Waals surface area contributed by atoms with E-state index >= 15 is 0 Å². The highest BCUT2D eigenvalue weighted by molar-refractivity contribution is 5.86. The molecule has 2 nitrogen and oxygen atoms in total. The molecule has 0 aliphatic rings. The van der Waals surface area contributed by atoms with E-state index in [1.165, 1.54) is 0 Å². The molecule has 84 valence electrons. The SMILES string of the molecule is Cc1nc(C)c2c(F)c(C)c(C)c(C)c2n1. The summed E-state index contributed by atoms with van der Waals surface area (Å²) in [4.78, 5) is 8.57. The van der Waals surface area contributed by atoms with Crippen LogP contribution in [0.15, 0.2) is 0 Å². The molecule has 0 atom stereocenters. The highest BCUT2D eigenvalue weighted by Crippen LogP contribution is 2.28. The summed E-state index contributed by atoms with van der Waals surface area (Å²) in [7, 11) is 0. The van der Waals surface area contributed by atoms with Crippen molar-refractivity contribution in [2.24, 2.45) is 0 Å². The van der Waals surface area contributed by atoms with Crippen LogP contribution in [0.1, 0.15) is 28.2 Å². The molecule has 0 spiro atoms. The Balaban J connectivity index is 3.08. The molecule has 1 aromatic heterocycles. The van der Waals surface area contributed by atoms with Crippen molar-refractivity contribution in [3.63, 3.8) is 0 Å². The van der Waals surface area contributed by atoms with Crippen LogP contribution in [-0.2, 0) is 0 Å². The first-order valence-electron chi connectivity index (χ1n) is 5.33. The lowest BCUT2D eigenvalue weighted by molar-refractivity contribution is 0.627. The third kappa shape index (κ3) is 1.39. The van der Waals surface area contributed by atoms with Gasteiger partial charge < -0.3 is 0 Å². The molecule has 16 heavy (non-hydrogen) atoms. The second-order valence-corrected chi connectivity index (χ2v) is 4.27. The van der Waals surface area contributed by atoms with Crippen molar-refractivity contribution >= 4 is 10.9 Å². The van der Waals surface area contributed by atoms with Crippen molar-refractivity contribution in [1.82, 2.24) is 9.97 Å². The topological polar surface area (TPSA) is 25.8 Å². The zero-order valence-corrected chi connectivity index (χ0v) is 10.3. The van der Waals surface area contributed by atoms with Crippen molar-refractivity contribution < 1.29 is 4.39 Å². The number of rotatable bonds is 0. The Morgan fingerprint density at radius 1 is 0.812 bits per heavy atom. The molecular formula is C13H15FN2. The minimum absolute atomic E-state index is 0.185. The van der Waals surface area contributed by atoms with Crippen LogP contribution in [0.5, 0.6) is 0 Å². The van der Waals surface area contributed by atoms with Crippen LogP contribution in [0.4, 0.5) is 4.39 Å². The number of hydrogen-bond acceptors (Lipinski definition) is 2. The standard InChI is InChI=1S/C13H15FN2/c1-6-7(2)12(14)11-9(4)15-10(5)16-13(11)8(6)3/h1-5H3. The molecule has 1 aromatic carbocycles. The summed E-state index contributed by atoms with van der Waals surface area (Å²) in [6.07, 6.45) is 0. The van der Waals surface area contributed by atoms with E-state index < -0.39 is 0 Å². The maximum atomic E-state index is 14.2. The summed E-state index contributed by atoms with van der Waals surface area (Å²) < 4.78 is 14.2. The normalized spacial score (nSPS) is 11.1. The fourth-order valence-electron chi connectivity index (χ4n) is 2.06. The quantitative estimate of drug-likeness (QED) is 0.678. The molecule has 0 amide bonds. The predicted octanol–water partition coefficient (Wildman–Crippen LogP) is 3.31. The Bertz CT molecular complexity index is 588. The zero-order chi connectivity index (χ0) is 12.0. The molecule has 2 rings (SSSR count). The van der Waals surface area contributed by atoms with Crippen molar-refractivity contribution in [2.45, 2.75) is 34.6 Å². The minimum atomic E-state index is -0.185. The summed E-state index contributed by atoms with van der Waals surface area (Å²) in [5, 5.41) is 0.561. The third-order valence-electron chi connectivity index (χ3n) is 3.23. The fourth-order valence-corrected chi connectivity index (χ4v) is 2.06. The summed E-state index contributed by atoms with van der Waals surface area (Å²) in [6, 6.07) is 0. The van der Waals surface area contributed by atoms with E-state index in [0.717, 1.165) is 16.6 Å². The van der Waals surface area contributed by atoms with Crippen LogP contribution in [0.3, 0.4) is 0 Å². The molecular weight excluding hydrogens is 203 g/mol. The predicted molar refractivity (Wildman–Crippen MR) is 63.2 cm³/mol. The van der Waals surface area contributed by atoms with Gasteiger partial charge in [-0.3, -0.25) is 0 Å². The van der Waals surface area contributed by atoms with Gasteiger partial charge >= 0.3 is 0 Å². The highest BCUT2D eigenvalue weighted by Gasteiger charge is 2.15. The summed E-state index contributed by atoms with van der Waals surface area (Å²) in [6.45, 7) is 9.37. The lowest BCUT2D eigenvalue weighted by Crippen LogP contribution is -2.02. The first kappa shape index (κ1) is 11.0. The second kappa shape index (κ2) is 3.51. The van der Waals surface area contributed by atoms with Gasteiger partial charge in [-0.25, -0.2) is 14.4 Å². The van der Waals surface area contributed by atoms with Gasteiger partial charge in [0.25, 0.3) is 0 Å². The molecule has 0 aliphatic carbocycles. The number of fused-ring (bicyclic) bond motifs is 1. The van der Waals surface area contributed by atoms with Crippen molar-refractivity contribution in [1.29, 1.82) is 0 Å². The van der Waals surface area contributed by atoms with Gasteiger partial charge in [0.2, 0.25) is 0 Å². The van der Waals surface area contributed by atoms with Gasteiger partial charge in [-0.05, 0) is 51.3 Å². The highest BCUT2D eigenvalue weighted by atomic mass is 19.1. The van der Waals surface area contributed by atoms with Gasteiger partial charge in [0.05, 0.1) is 16.6 Å². The Hall–Kier alpha value is -1.51. The molecule has 0 fully saturated rings. The van der Waals surface area contributed by atoms with Gasteiger partial charge in [-0.2, -0.15) is 0 Å². The molecule has 3 heteroatoms. The van der Waals surface area contributed by atoms with Crippen LogP contribution in [0.2, 0.25) is 0 Å². The fraction of sp³-hybridized carbons (Fsp3) is 0.385. The molecule has 0 bridgehead atoms. The van der Waals surface area contributed by atoms with Gasteiger partial charge in [0, 0.05) is 0 Å². The van der Waals surface area contributed by atoms with E-state index in [2.05, 4.69) is 9.97 Å². The van der Waals surface area contributed by atoms with Crippen LogP contribution >= 0.6 is 0 Å². The second-order valence-electron chi connectivity index (χ2n) is 4.27. The lowest BCUT2D eigenvalue weighted by atomic mass is 9.98. The van der Waals surface area contributed by atoms with E-state index in [-0.39, 0.29) is 5.82 Å². The third-order valence-corrected chi connectivity index (χ3v) is 3.23. The molecule has 0 radical (unpaired) electrons. The number of aryl methyl sites for hydroxylation is 3. The van der Waals surface area contributed by atoms with Gasteiger partial charge in [-0.15, -0.1) is 0 Å². The first-order chi connectivity index (χ1) is 7.43. The van der Waals surface area contributed by atoms with Crippen molar-refractivity contribution in [3.8, 4) is 0 Å². The van der Waals surface area contributed by atoms with Crippen molar-refractivity contribution in [3.05, 3.63) is 34.0 Å². The average molecular weight is 218 g/mol. The number of benzene rings is 1. The number of hydrogen-bond donors (Lipinski definition) is 0. The maximum absolute atomic E-state index is 14.2. The van der Waals surface area contributed by atoms with E-state index in [1.54, 1.807) is 6.92 Å². The summed E-state index contributed by atoms with van der Waals surface area (Å²) >= 11 is 0. The maximum Gasteiger partial charge on any atom is 0.137 e. The number of nitrogens with zero attached hydrogens (tertiary/aromatic N) is 2. The van der Waals surface area contributed by atoms with Gasteiger partial charge in [-0.1, -0.05) is 0 Å². The van der Waals surface area contributed by atoms with Crippen LogP contribution in [-0.4, -0.2) is 9.97 Å². The van der Waals surface area contributed by atoms with Crippen LogP contribution < -0.4 is 0 Å². The van der Waals surface area contributed by atoms with Crippen molar-refractivity contribution in [2.75, 3.05) is 0 Å². The molecule has 0 N–H and O–H groups in total. The molecule has 0 unspecified atom stereocenters. The Morgan fingerprint density at radius 3 is 2.06 bits per heavy atom. The van der Waals surface area contributed by atoms with E-state index in [0.29, 0.717) is 22.5 Å². The monoisotopic (exact) mass is 218 g/mol. The number of aromatic nitrogens is 2. The number of halogens is 1. The summed E-state index contributed by atoms with van der Waals surface area (Å²) in [5.41, 5.74) is 4.17. The van der Waals surface area contributed by atoms with Crippen LogP contribution in [0.25, 0.3) is 10.9 Å². The van der Waals surface area contributed by atoms with E-state index in [4.69, 9.17) is 0 Å². The first-order valence-corrected chi connectivity index (χ1v) is 5.33. The van der Waals surface area contributed by atoms with E-state index in [1.807, 2.05) is 27.7 Å². The Kier molecular flexibility index (Phi) is 2.41. The molecule has 0 saturated carbocycles. The van der Waals surface area contributed by atoms with Gasteiger partial charge in [0.15, 0.2) is 0 Å². The van der Waals surface area contributed by atoms with E-state index in [9.17, 15) is 4.39 Å². The Morgan fingerprint density at radius 2 is 1.44 bits per heavy atom. The smallest absolute Gasteiger partial charge is 0.137 e. The molecule has 0 aliphatic heterocycles. The molecule has 1 heterocycles. The summed E-state index contributed by atoms with van der Waals surface area (Å²) in [5.74, 6) is 0.506. The average Bonchev–Trinajstić information content (AvgIpc) is 2.22. The Labute approximate surface area is 94.5 Å². The van der Waals surface area contributed by atoms with Crippen LogP contribution in [0, 0.1) is 40.4 Å². The van der Waals surface area contributed by atoms with Gasteiger partial charge in [0.1, 0.15) is 11.6 Å². The zero-order valence-electron chi connectivity index (χ0n) is 10.3. The minimum Gasteiger partial charge on any atom is -0.238 e. The molecule has 2 aromatic rings.